The molecular formula is C13H26N2O3. The molecule has 0 aromatic heterocycles. The molecule has 1 fully saturated rings. The Balaban J connectivity index is 1.97. The SMILES string of the molecule is COCC(C)CC(=O)NCCOC1CCNCC1. The van der Waals surface area contributed by atoms with Gasteiger partial charge in [-0.2, -0.15) is 0 Å². The Labute approximate surface area is 110 Å². The van der Waals surface area contributed by atoms with Crippen LogP contribution in [-0.4, -0.2) is 52.0 Å². The van der Waals surface area contributed by atoms with Crippen LogP contribution in [0.15, 0.2) is 0 Å². The van der Waals surface area contributed by atoms with Gasteiger partial charge >= 0.3 is 0 Å². The second-order valence-corrected chi connectivity index (χ2v) is 4.93. The van der Waals surface area contributed by atoms with Crippen LogP contribution in [0.5, 0.6) is 0 Å². The van der Waals surface area contributed by atoms with E-state index in [1.165, 1.54) is 0 Å². The smallest absolute Gasteiger partial charge is 0.220 e. The molecule has 1 atom stereocenters. The predicted octanol–water partition coefficient (Wildman–Crippen LogP) is 0.544. The molecule has 1 saturated heterocycles. The first-order chi connectivity index (χ1) is 8.72. The van der Waals surface area contributed by atoms with Crippen LogP contribution in [0.1, 0.15) is 26.2 Å². The molecule has 2 N–H and O–H groups in total. The van der Waals surface area contributed by atoms with Crippen molar-refractivity contribution in [1.82, 2.24) is 10.6 Å². The fourth-order valence-electron chi connectivity index (χ4n) is 2.11. The summed E-state index contributed by atoms with van der Waals surface area (Å²) in [5.74, 6) is 0.341. The molecule has 0 saturated carbocycles. The zero-order valence-electron chi connectivity index (χ0n) is 11.5. The lowest BCUT2D eigenvalue weighted by molar-refractivity contribution is -0.122. The maximum atomic E-state index is 11.5. The third-order valence-corrected chi connectivity index (χ3v) is 3.05. The van der Waals surface area contributed by atoms with E-state index in [2.05, 4.69) is 10.6 Å². The van der Waals surface area contributed by atoms with Crippen molar-refractivity contribution in [3.05, 3.63) is 0 Å². The summed E-state index contributed by atoms with van der Waals surface area (Å²) in [7, 11) is 1.65. The first kappa shape index (κ1) is 15.4. The second kappa shape index (κ2) is 9.30. The Morgan fingerprint density at radius 2 is 2.17 bits per heavy atom. The third-order valence-electron chi connectivity index (χ3n) is 3.05. The summed E-state index contributed by atoms with van der Waals surface area (Å²) < 4.78 is 10.7. The lowest BCUT2D eigenvalue weighted by atomic mass is 10.1. The Hall–Kier alpha value is -0.650. The van der Waals surface area contributed by atoms with Crippen molar-refractivity contribution in [2.75, 3.05) is 40.0 Å². The van der Waals surface area contributed by atoms with Crippen LogP contribution in [0.2, 0.25) is 0 Å². The molecule has 1 rings (SSSR count). The fraction of sp³-hybridized carbons (Fsp3) is 0.923. The van der Waals surface area contributed by atoms with Crippen LogP contribution in [0.25, 0.3) is 0 Å². The van der Waals surface area contributed by atoms with Crippen LogP contribution in [0.3, 0.4) is 0 Å². The molecule has 1 heterocycles. The van der Waals surface area contributed by atoms with Gasteiger partial charge in [-0.3, -0.25) is 4.79 Å². The average Bonchev–Trinajstić information content (AvgIpc) is 2.36. The zero-order chi connectivity index (χ0) is 13.2. The molecule has 5 nitrogen and oxygen atoms in total. The summed E-state index contributed by atoms with van der Waals surface area (Å²) >= 11 is 0. The normalized spacial score (nSPS) is 18.6. The molecule has 1 unspecified atom stereocenters. The molecular weight excluding hydrogens is 232 g/mol. The minimum Gasteiger partial charge on any atom is -0.384 e. The third kappa shape index (κ3) is 6.93. The van der Waals surface area contributed by atoms with Crippen molar-refractivity contribution in [2.24, 2.45) is 5.92 Å². The minimum atomic E-state index is 0.0773. The molecule has 1 amide bonds. The number of nitrogens with one attached hydrogen (secondary N) is 2. The Kier molecular flexibility index (Phi) is 7.96. The summed E-state index contributed by atoms with van der Waals surface area (Å²) in [4.78, 5) is 11.5. The Morgan fingerprint density at radius 3 is 2.83 bits per heavy atom. The summed E-state index contributed by atoms with van der Waals surface area (Å²) in [5, 5.41) is 6.17. The second-order valence-electron chi connectivity index (χ2n) is 4.93. The van der Waals surface area contributed by atoms with Crippen LogP contribution >= 0.6 is 0 Å². The predicted molar refractivity (Wildman–Crippen MR) is 70.5 cm³/mol. The van der Waals surface area contributed by atoms with Crippen molar-refractivity contribution < 1.29 is 14.3 Å². The topological polar surface area (TPSA) is 59.6 Å². The highest BCUT2D eigenvalue weighted by Gasteiger charge is 2.13. The lowest BCUT2D eigenvalue weighted by Crippen LogP contribution is -2.35. The van der Waals surface area contributed by atoms with Crippen LogP contribution in [0.4, 0.5) is 0 Å². The van der Waals surface area contributed by atoms with E-state index in [4.69, 9.17) is 9.47 Å². The van der Waals surface area contributed by atoms with Gasteiger partial charge in [-0.15, -0.1) is 0 Å². The van der Waals surface area contributed by atoms with Gasteiger partial charge in [0.05, 0.1) is 12.7 Å². The number of hydrogen-bond donors (Lipinski definition) is 2. The Bertz CT molecular complexity index is 230. The van der Waals surface area contributed by atoms with Crippen LogP contribution < -0.4 is 10.6 Å². The first-order valence-corrected chi connectivity index (χ1v) is 6.80. The number of carbonyl (C=O) groups excluding carboxylic acids is 1. The van der Waals surface area contributed by atoms with Gasteiger partial charge in [-0.05, 0) is 31.8 Å². The van der Waals surface area contributed by atoms with Gasteiger partial charge in [0.25, 0.3) is 0 Å². The van der Waals surface area contributed by atoms with Crippen molar-refractivity contribution in [3.8, 4) is 0 Å². The molecule has 0 spiro atoms. The van der Waals surface area contributed by atoms with Crippen LogP contribution in [0, 0.1) is 5.92 Å². The van der Waals surface area contributed by atoms with Crippen LogP contribution in [-0.2, 0) is 14.3 Å². The summed E-state index contributed by atoms with van der Waals surface area (Å²) in [6, 6.07) is 0. The van der Waals surface area contributed by atoms with Gasteiger partial charge in [0.2, 0.25) is 5.91 Å². The zero-order valence-corrected chi connectivity index (χ0v) is 11.5. The van der Waals surface area contributed by atoms with Gasteiger partial charge in [0.15, 0.2) is 0 Å². The van der Waals surface area contributed by atoms with E-state index in [0.717, 1.165) is 25.9 Å². The van der Waals surface area contributed by atoms with E-state index in [1.54, 1.807) is 7.11 Å². The summed E-state index contributed by atoms with van der Waals surface area (Å²) in [5.41, 5.74) is 0. The van der Waals surface area contributed by atoms with Gasteiger partial charge in [-0.1, -0.05) is 6.92 Å². The van der Waals surface area contributed by atoms with Gasteiger partial charge in [0, 0.05) is 26.7 Å². The molecule has 0 aromatic rings. The highest BCUT2D eigenvalue weighted by molar-refractivity contribution is 5.76. The minimum absolute atomic E-state index is 0.0773. The van der Waals surface area contributed by atoms with E-state index in [1.807, 2.05) is 6.92 Å². The fourth-order valence-corrected chi connectivity index (χ4v) is 2.11. The van der Waals surface area contributed by atoms with Gasteiger partial charge in [-0.25, -0.2) is 0 Å². The number of rotatable bonds is 8. The number of piperidine rings is 1. The maximum absolute atomic E-state index is 11.5. The van der Waals surface area contributed by atoms with Crippen molar-refractivity contribution in [1.29, 1.82) is 0 Å². The molecule has 0 radical (unpaired) electrons. The quantitative estimate of drug-likeness (QED) is 0.624. The average molecular weight is 258 g/mol. The first-order valence-electron chi connectivity index (χ1n) is 6.80. The molecule has 1 aliphatic heterocycles. The largest absolute Gasteiger partial charge is 0.384 e. The Morgan fingerprint density at radius 1 is 1.44 bits per heavy atom. The lowest BCUT2D eigenvalue weighted by Gasteiger charge is -2.23. The molecule has 18 heavy (non-hydrogen) atoms. The number of methoxy groups -OCH3 is 1. The van der Waals surface area contributed by atoms with Crippen molar-refractivity contribution >= 4 is 5.91 Å². The van der Waals surface area contributed by atoms with Gasteiger partial charge < -0.3 is 20.1 Å². The molecule has 0 bridgehead atoms. The van der Waals surface area contributed by atoms with Crippen molar-refractivity contribution in [3.63, 3.8) is 0 Å². The molecule has 106 valence electrons. The summed E-state index contributed by atoms with van der Waals surface area (Å²) in [6.07, 6.45) is 3.01. The summed E-state index contributed by atoms with van der Waals surface area (Å²) in [6.45, 7) is 5.91. The number of carbonyl (C=O) groups is 1. The van der Waals surface area contributed by atoms with E-state index in [9.17, 15) is 4.79 Å². The number of amides is 1. The van der Waals surface area contributed by atoms with E-state index < -0.39 is 0 Å². The standard InChI is InChI=1S/C13H26N2O3/c1-11(10-17-2)9-13(16)15-7-8-18-12-3-5-14-6-4-12/h11-12,14H,3-10H2,1-2H3,(H,15,16). The number of ether oxygens (including phenoxy) is 2. The molecule has 0 aliphatic carbocycles. The highest BCUT2D eigenvalue weighted by atomic mass is 16.5. The highest BCUT2D eigenvalue weighted by Crippen LogP contribution is 2.06. The van der Waals surface area contributed by atoms with Gasteiger partial charge in [0.1, 0.15) is 0 Å². The van der Waals surface area contributed by atoms with E-state index >= 15 is 0 Å². The molecule has 0 aromatic carbocycles. The maximum Gasteiger partial charge on any atom is 0.220 e. The van der Waals surface area contributed by atoms with Crippen molar-refractivity contribution in [2.45, 2.75) is 32.3 Å². The molecule has 1 aliphatic rings. The molecule has 5 heteroatoms. The number of hydrogen-bond acceptors (Lipinski definition) is 4. The van der Waals surface area contributed by atoms with E-state index in [0.29, 0.717) is 32.3 Å². The van der Waals surface area contributed by atoms with E-state index in [-0.39, 0.29) is 11.8 Å². The monoisotopic (exact) mass is 258 g/mol.